The van der Waals surface area contributed by atoms with E-state index in [2.05, 4.69) is 17.2 Å². The van der Waals surface area contributed by atoms with Crippen LogP contribution in [0.3, 0.4) is 0 Å². The molecule has 0 amide bonds. The average Bonchev–Trinajstić information content (AvgIpc) is 2.58. The minimum atomic E-state index is 0.0265. The maximum Gasteiger partial charge on any atom is 0.115 e. The first kappa shape index (κ1) is 13.8. The monoisotopic (exact) mass is 300 g/mol. The number of aryl methyl sites for hydroxylation is 2. The largest absolute Gasteiger partial charge is 0.307 e. The Kier molecular flexibility index (Phi) is 4.28. The number of aromatic nitrogens is 1. The summed E-state index contributed by atoms with van der Waals surface area (Å²) in [6.45, 7) is 4.10. The Balaban J connectivity index is 2.44. The van der Waals surface area contributed by atoms with Gasteiger partial charge in [0.25, 0.3) is 0 Å². The van der Waals surface area contributed by atoms with Gasteiger partial charge in [0, 0.05) is 14.9 Å². The lowest BCUT2D eigenvalue weighted by Crippen LogP contribution is -2.17. The molecule has 2 aromatic rings. The van der Waals surface area contributed by atoms with Crippen molar-refractivity contribution in [3.05, 3.63) is 49.4 Å². The van der Waals surface area contributed by atoms with Crippen molar-refractivity contribution in [2.24, 2.45) is 0 Å². The number of hydrogen-bond acceptors (Lipinski definition) is 3. The molecule has 0 aliphatic carbocycles. The topological polar surface area (TPSA) is 24.9 Å². The molecule has 96 valence electrons. The lowest BCUT2D eigenvalue weighted by Gasteiger charge is -2.14. The molecule has 0 radical (unpaired) electrons. The summed E-state index contributed by atoms with van der Waals surface area (Å²) in [4.78, 5) is 5.82. The fourth-order valence-corrected chi connectivity index (χ4v) is 3.40. The number of rotatable bonds is 3. The van der Waals surface area contributed by atoms with E-state index in [0.29, 0.717) is 10.0 Å². The highest BCUT2D eigenvalue weighted by atomic mass is 35.5. The Morgan fingerprint density at radius 2 is 1.78 bits per heavy atom. The summed E-state index contributed by atoms with van der Waals surface area (Å²) < 4.78 is 0. The molecule has 1 N–H and O–H groups in total. The number of hydrogen-bond donors (Lipinski definition) is 1. The van der Waals surface area contributed by atoms with Gasteiger partial charge in [-0.1, -0.05) is 23.2 Å². The number of thiazole rings is 1. The lowest BCUT2D eigenvalue weighted by atomic mass is 10.1. The Hall–Kier alpha value is -0.610. The minimum absolute atomic E-state index is 0.0265. The van der Waals surface area contributed by atoms with Gasteiger partial charge in [-0.25, -0.2) is 4.98 Å². The first-order chi connectivity index (χ1) is 8.51. The lowest BCUT2D eigenvalue weighted by molar-refractivity contribution is 0.685. The zero-order valence-electron chi connectivity index (χ0n) is 10.4. The molecule has 0 saturated heterocycles. The van der Waals surface area contributed by atoms with Crippen LogP contribution in [0, 0.1) is 13.8 Å². The van der Waals surface area contributed by atoms with Gasteiger partial charge >= 0.3 is 0 Å². The normalized spacial score (nSPS) is 12.7. The second-order valence-electron chi connectivity index (χ2n) is 4.12. The molecular weight excluding hydrogens is 287 g/mol. The number of benzene rings is 1. The van der Waals surface area contributed by atoms with Crippen molar-refractivity contribution in [1.29, 1.82) is 0 Å². The zero-order chi connectivity index (χ0) is 13.3. The fourth-order valence-electron chi connectivity index (χ4n) is 1.80. The van der Waals surface area contributed by atoms with Crippen LogP contribution in [-0.4, -0.2) is 12.0 Å². The highest BCUT2D eigenvalue weighted by Crippen LogP contribution is 2.30. The summed E-state index contributed by atoms with van der Waals surface area (Å²) in [5.41, 5.74) is 2.10. The van der Waals surface area contributed by atoms with Crippen LogP contribution < -0.4 is 5.32 Å². The van der Waals surface area contributed by atoms with Crippen molar-refractivity contribution >= 4 is 34.5 Å². The van der Waals surface area contributed by atoms with Crippen molar-refractivity contribution in [1.82, 2.24) is 10.3 Å². The molecule has 0 bridgehead atoms. The van der Waals surface area contributed by atoms with Gasteiger partial charge in [-0.05, 0) is 44.7 Å². The number of nitrogens with one attached hydrogen (secondary N) is 1. The standard InChI is InChI=1S/C13H14Cl2N2S/c1-7-8(2)18-13(17-7)12(16-3)9-4-10(14)6-11(15)5-9/h4-6,12,16H,1-3H3. The van der Waals surface area contributed by atoms with Crippen LogP contribution in [0.15, 0.2) is 18.2 Å². The molecule has 1 heterocycles. The third kappa shape index (κ3) is 2.86. The van der Waals surface area contributed by atoms with E-state index < -0.39 is 0 Å². The summed E-state index contributed by atoms with van der Waals surface area (Å²) in [7, 11) is 1.91. The van der Waals surface area contributed by atoms with Gasteiger partial charge in [-0.15, -0.1) is 11.3 Å². The predicted molar refractivity (Wildman–Crippen MR) is 79.0 cm³/mol. The molecule has 0 aliphatic heterocycles. The van der Waals surface area contributed by atoms with E-state index in [0.717, 1.165) is 16.3 Å². The van der Waals surface area contributed by atoms with Gasteiger partial charge in [0.15, 0.2) is 0 Å². The third-order valence-electron chi connectivity index (χ3n) is 2.80. The van der Waals surface area contributed by atoms with Gasteiger partial charge in [0.05, 0.1) is 11.7 Å². The molecule has 1 aromatic carbocycles. The predicted octanol–water partition coefficient (Wildman–Crippen LogP) is 4.38. The SMILES string of the molecule is CNC(c1cc(Cl)cc(Cl)c1)c1nc(C)c(C)s1. The fraction of sp³-hybridized carbons (Fsp3) is 0.308. The van der Waals surface area contributed by atoms with Gasteiger partial charge in [0.2, 0.25) is 0 Å². The van der Waals surface area contributed by atoms with Crippen LogP contribution in [0.2, 0.25) is 10.0 Å². The first-order valence-corrected chi connectivity index (χ1v) is 7.15. The van der Waals surface area contributed by atoms with E-state index in [1.54, 1.807) is 17.4 Å². The van der Waals surface area contributed by atoms with Crippen LogP contribution in [0.5, 0.6) is 0 Å². The smallest absolute Gasteiger partial charge is 0.115 e. The molecule has 18 heavy (non-hydrogen) atoms. The van der Waals surface area contributed by atoms with E-state index >= 15 is 0 Å². The molecule has 0 saturated carbocycles. The van der Waals surface area contributed by atoms with E-state index in [9.17, 15) is 0 Å². The van der Waals surface area contributed by atoms with Crippen molar-refractivity contribution in [3.8, 4) is 0 Å². The highest BCUT2D eigenvalue weighted by molar-refractivity contribution is 7.11. The van der Waals surface area contributed by atoms with Crippen molar-refractivity contribution in [2.45, 2.75) is 19.9 Å². The molecular formula is C13H14Cl2N2S. The average molecular weight is 301 g/mol. The Bertz CT molecular complexity index is 526. The van der Waals surface area contributed by atoms with Gasteiger partial charge < -0.3 is 5.32 Å². The molecule has 0 fully saturated rings. The van der Waals surface area contributed by atoms with E-state index in [-0.39, 0.29) is 6.04 Å². The molecule has 1 unspecified atom stereocenters. The summed E-state index contributed by atoms with van der Waals surface area (Å²) in [5, 5.41) is 5.58. The van der Waals surface area contributed by atoms with E-state index in [1.807, 2.05) is 26.1 Å². The van der Waals surface area contributed by atoms with Gasteiger partial charge in [-0.3, -0.25) is 0 Å². The summed E-state index contributed by atoms with van der Waals surface area (Å²) in [6, 6.07) is 5.59. The van der Waals surface area contributed by atoms with Gasteiger partial charge in [-0.2, -0.15) is 0 Å². The quantitative estimate of drug-likeness (QED) is 0.910. The number of nitrogens with zero attached hydrogens (tertiary/aromatic N) is 1. The molecule has 2 nitrogen and oxygen atoms in total. The van der Waals surface area contributed by atoms with Crippen molar-refractivity contribution in [2.75, 3.05) is 7.05 Å². The summed E-state index contributed by atoms with van der Waals surface area (Å²) in [5.74, 6) is 0. The molecule has 1 atom stereocenters. The van der Waals surface area contributed by atoms with Crippen molar-refractivity contribution in [3.63, 3.8) is 0 Å². The van der Waals surface area contributed by atoms with Crippen LogP contribution in [0.25, 0.3) is 0 Å². The Labute approximate surface area is 121 Å². The number of halogens is 2. The molecule has 1 aromatic heterocycles. The van der Waals surface area contributed by atoms with Crippen LogP contribution >= 0.6 is 34.5 Å². The third-order valence-corrected chi connectivity index (χ3v) is 4.37. The van der Waals surface area contributed by atoms with Crippen LogP contribution in [-0.2, 0) is 0 Å². The van der Waals surface area contributed by atoms with Crippen LogP contribution in [0.4, 0.5) is 0 Å². The summed E-state index contributed by atoms with van der Waals surface area (Å²) >= 11 is 13.8. The van der Waals surface area contributed by atoms with Gasteiger partial charge in [0.1, 0.15) is 5.01 Å². The van der Waals surface area contributed by atoms with E-state index in [4.69, 9.17) is 23.2 Å². The highest BCUT2D eigenvalue weighted by Gasteiger charge is 2.17. The second-order valence-corrected chi connectivity index (χ2v) is 6.23. The molecule has 5 heteroatoms. The molecule has 0 spiro atoms. The van der Waals surface area contributed by atoms with E-state index in [1.165, 1.54) is 4.88 Å². The summed E-state index contributed by atoms with van der Waals surface area (Å²) in [6.07, 6.45) is 0. The molecule has 2 rings (SSSR count). The maximum absolute atomic E-state index is 6.05. The van der Waals surface area contributed by atoms with Crippen molar-refractivity contribution < 1.29 is 0 Å². The minimum Gasteiger partial charge on any atom is -0.307 e. The zero-order valence-corrected chi connectivity index (χ0v) is 12.7. The maximum atomic E-state index is 6.05. The Morgan fingerprint density at radius 3 is 2.22 bits per heavy atom. The molecule has 0 aliphatic rings. The Morgan fingerprint density at radius 1 is 1.17 bits per heavy atom. The first-order valence-electron chi connectivity index (χ1n) is 5.58. The van der Waals surface area contributed by atoms with Crippen LogP contribution in [0.1, 0.15) is 27.2 Å². The second kappa shape index (κ2) is 5.57.